The van der Waals surface area contributed by atoms with Crippen LogP contribution < -0.4 is 0 Å². The van der Waals surface area contributed by atoms with Gasteiger partial charge in [0.1, 0.15) is 0 Å². The van der Waals surface area contributed by atoms with Crippen LogP contribution in [0.25, 0.3) is 22.0 Å². The molecule has 0 aliphatic carbocycles. The van der Waals surface area contributed by atoms with Crippen molar-refractivity contribution in [2.45, 2.75) is 26.2 Å². The molecule has 26 heavy (non-hydrogen) atoms. The molecule has 0 fully saturated rings. The number of aryl methyl sites for hydroxylation is 2. The summed E-state index contributed by atoms with van der Waals surface area (Å²) in [7, 11) is 0. The molecule has 3 rings (SSSR count). The smallest absolute Gasteiger partial charge is 0.253 e. The zero-order chi connectivity index (χ0) is 19.3. The number of halogens is 6. The first-order valence-corrected chi connectivity index (χ1v) is 7.63. The summed E-state index contributed by atoms with van der Waals surface area (Å²) in [5.41, 5.74) is -0.692. The van der Waals surface area contributed by atoms with Crippen LogP contribution in [0.5, 0.6) is 0 Å². The average Bonchev–Trinajstić information content (AvgIpc) is 2.52. The molecule has 0 radical (unpaired) electrons. The molecule has 0 aliphatic rings. The van der Waals surface area contributed by atoms with Crippen molar-refractivity contribution in [1.82, 2.24) is 4.98 Å². The van der Waals surface area contributed by atoms with Crippen LogP contribution in [0.15, 0.2) is 42.5 Å². The third-order valence-electron chi connectivity index (χ3n) is 3.99. The maximum absolute atomic E-state index is 13.1. The molecule has 0 saturated heterocycles. The molecule has 0 atom stereocenters. The third-order valence-corrected chi connectivity index (χ3v) is 3.99. The number of rotatable bonds is 1. The number of hydrogen-bond donors (Lipinski definition) is 0. The van der Waals surface area contributed by atoms with Gasteiger partial charge < -0.3 is 0 Å². The average molecular weight is 369 g/mol. The van der Waals surface area contributed by atoms with Gasteiger partial charge >= 0.3 is 12.4 Å². The molecule has 1 nitrogen and oxygen atoms in total. The highest BCUT2D eigenvalue weighted by Crippen LogP contribution is 2.40. The van der Waals surface area contributed by atoms with E-state index in [0.29, 0.717) is 16.6 Å². The van der Waals surface area contributed by atoms with Gasteiger partial charge in [-0.1, -0.05) is 11.6 Å². The van der Waals surface area contributed by atoms with Crippen LogP contribution in [-0.4, -0.2) is 4.98 Å². The van der Waals surface area contributed by atoms with Gasteiger partial charge in [0, 0.05) is 11.1 Å². The lowest BCUT2D eigenvalue weighted by molar-refractivity contribution is -0.143. The Labute approximate surface area is 145 Å². The molecule has 1 heterocycles. The lowest BCUT2D eigenvalue weighted by Crippen LogP contribution is -2.11. The minimum atomic E-state index is -4.89. The van der Waals surface area contributed by atoms with Gasteiger partial charge in [0.25, 0.3) is 0 Å². The molecule has 0 bridgehead atoms. The number of fused-ring (bicyclic) bond motifs is 1. The van der Waals surface area contributed by atoms with Crippen molar-refractivity contribution < 1.29 is 26.3 Å². The number of aromatic nitrogens is 1. The van der Waals surface area contributed by atoms with E-state index in [1.54, 1.807) is 32.0 Å². The van der Waals surface area contributed by atoms with Crippen molar-refractivity contribution in [2.24, 2.45) is 0 Å². The monoisotopic (exact) mass is 369 g/mol. The topological polar surface area (TPSA) is 12.9 Å². The van der Waals surface area contributed by atoms with E-state index in [1.165, 1.54) is 6.07 Å². The Bertz CT molecular complexity index is 953. The predicted octanol–water partition coefficient (Wildman–Crippen LogP) is 6.56. The van der Waals surface area contributed by atoms with E-state index in [-0.39, 0.29) is 17.2 Å². The van der Waals surface area contributed by atoms with Crippen LogP contribution >= 0.6 is 0 Å². The summed E-state index contributed by atoms with van der Waals surface area (Å²) >= 11 is 0. The summed E-state index contributed by atoms with van der Waals surface area (Å²) in [6, 6.07) is 8.29. The van der Waals surface area contributed by atoms with Crippen LogP contribution in [-0.2, 0) is 12.4 Å². The molecule has 3 aromatic rings. The van der Waals surface area contributed by atoms with E-state index in [1.807, 2.05) is 0 Å². The molecular formula is C19H13F6N. The van der Waals surface area contributed by atoms with Gasteiger partial charge in [-0.15, -0.1) is 0 Å². The fourth-order valence-electron chi connectivity index (χ4n) is 2.82. The van der Waals surface area contributed by atoms with Crippen LogP contribution in [0, 0.1) is 13.8 Å². The molecule has 1 aromatic heterocycles. The summed E-state index contributed by atoms with van der Waals surface area (Å²) in [5.74, 6) is 0. The molecule has 136 valence electrons. The first kappa shape index (κ1) is 18.2. The molecular weight excluding hydrogens is 356 g/mol. The first-order valence-electron chi connectivity index (χ1n) is 7.63. The lowest BCUT2D eigenvalue weighted by atomic mass is 9.95. The second kappa shape index (κ2) is 6.00. The van der Waals surface area contributed by atoms with Crippen LogP contribution in [0.2, 0.25) is 0 Å². The Morgan fingerprint density at radius 2 is 1.31 bits per heavy atom. The Kier molecular flexibility index (Phi) is 4.21. The molecule has 0 N–H and O–H groups in total. The Morgan fingerprint density at radius 1 is 0.731 bits per heavy atom. The minimum absolute atomic E-state index is 0.130. The Morgan fingerprint density at radius 3 is 1.85 bits per heavy atom. The van der Waals surface area contributed by atoms with Gasteiger partial charge in [-0.3, -0.25) is 4.98 Å². The molecule has 0 amide bonds. The van der Waals surface area contributed by atoms with Crippen LogP contribution in [0.4, 0.5) is 26.3 Å². The molecule has 0 unspecified atom stereocenters. The maximum Gasteiger partial charge on any atom is 0.416 e. The first-order chi connectivity index (χ1) is 11.9. The molecule has 0 saturated carbocycles. The number of pyridine rings is 1. The van der Waals surface area contributed by atoms with E-state index < -0.39 is 23.5 Å². The van der Waals surface area contributed by atoms with Crippen molar-refractivity contribution in [3.8, 4) is 11.1 Å². The summed E-state index contributed by atoms with van der Waals surface area (Å²) < 4.78 is 78.8. The van der Waals surface area contributed by atoms with E-state index in [9.17, 15) is 26.3 Å². The number of benzene rings is 2. The minimum Gasteiger partial charge on any atom is -0.253 e. The third kappa shape index (κ3) is 3.52. The van der Waals surface area contributed by atoms with Crippen molar-refractivity contribution in [1.29, 1.82) is 0 Å². The second-order valence-electron chi connectivity index (χ2n) is 6.13. The van der Waals surface area contributed by atoms with Gasteiger partial charge in [-0.2, -0.15) is 26.3 Å². The van der Waals surface area contributed by atoms with Crippen molar-refractivity contribution in [3.63, 3.8) is 0 Å². The van der Waals surface area contributed by atoms with Gasteiger partial charge in [0.2, 0.25) is 0 Å². The standard InChI is InChI=1S/C19H13F6N/c1-10-3-4-17-16(5-10)15(6-11(2)26-17)12-7-13(18(20,21)22)9-14(8-12)19(23,24)25/h3-9H,1-2H3. The number of hydrogen-bond acceptors (Lipinski definition) is 1. The maximum atomic E-state index is 13.1. The summed E-state index contributed by atoms with van der Waals surface area (Å²) in [5, 5.41) is 0.503. The number of nitrogens with zero attached hydrogens (tertiary/aromatic N) is 1. The second-order valence-corrected chi connectivity index (χ2v) is 6.13. The van der Waals surface area contributed by atoms with Gasteiger partial charge in [-0.05, 0) is 61.4 Å². The quantitative estimate of drug-likeness (QED) is 0.443. The number of alkyl halides is 6. The zero-order valence-electron chi connectivity index (χ0n) is 13.8. The van der Waals surface area contributed by atoms with Gasteiger partial charge in [-0.25, -0.2) is 0 Å². The molecule has 0 aliphatic heterocycles. The van der Waals surface area contributed by atoms with Crippen LogP contribution in [0.3, 0.4) is 0 Å². The summed E-state index contributed by atoms with van der Waals surface area (Å²) in [6.07, 6.45) is -9.77. The largest absolute Gasteiger partial charge is 0.416 e. The Hall–Kier alpha value is -2.57. The Balaban J connectivity index is 2.37. The highest BCUT2D eigenvalue weighted by atomic mass is 19.4. The molecule has 0 spiro atoms. The zero-order valence-corrected chi connectivity index (χ0v) is 13.8. The fourth-order valence-corrected chi connectivity index (χ4v) is 2.82. The SMILES string of the molecule is Cc1ccc2nc(C)cc(-c3cc(C(F)(F)F)cc(C(F)(F)F)c3)c2c1. The summed E-state index contributed by atoms with van der Waals surface area (Å²) in [4.78, 5) is 4.30. The molecule has 2 aromatic carbocycles. The van der Waals surface area contributed by atoms with Crippen molar-refractivity contribution in [2.75, 3.05) is 0 Å². The van der Waals surface area contributed by atoms with Crippen molar-refractivity contribution >= 4 is 10.9 Å². The van der Waals surface area contributed by atoms with E-state index >= 15 is 0 Å². The van der Waals surface area contributed by atoms with Gasteiger partial charge in [0.05, 0.1) is 16.6 Å². The highest BCUT2D eigenvalue weighted by molar-refractivity contribution is 5.95. The van der Waals surface area contributed by atoms with Crippen molar-refractivity contribution in [3.05, 3.63) is 64.8 Å². The predicted molar refractivity (Wildman–Crippen MR) is 86.7 cm³/mol. The van der Waals surface area contributed by atoms with E-state index in [0.717, 1.165) is 17.7 Å². The van der Waals surface area contributed by atoms with E-state index in [2.05, 4.69) is 4.98 Å². The fraction of sp³-hybridized carbons (Fsp3) is 0.211. The highest BCUT2D eigenvalue weighted by Gasteiger charge is 2.37. The summed E-state index contributed by atoms with van der Waals surface area (Å²) in [6.45, 7) is 3.43. The molecule has 7 heteroatoms. The van der Waals surface area contributed by atoms with Crippen LogP contribution in [0.1, 0.15) is 22.4 Å². The normalized spacial score (nSPS) is 12.6. The van der Waals surface area contributed by atoms with Gasteiger partial charge in [0.15, 0.2) is 0 Å². The van der Waals surface area contributed by atoms with E-state index in [4.69, 9.17) is 0 Å². The lowest BCUT2D eigenvalue weighted by Gasteiger charge is -2.16.